The van der Waals surface area contributed by atoms with Gasteiger partial charge in [-0.3, -0.25) is 0 Å². The number of hydrogen-bond donors (Lipinski definition) is 1. The van der Waals surface area contributed by atoms with Crippen LogP contribution in [-0.4, -0.2) is 27.9 Å². The van der Waals surface area contributed by atoms with E-state index in [1.807, 2.05) is 11.6 Å². The summed E-state index contributed by atoms with van der Waals surface area (Å²) < 4.78 is 2.00. The highest BCUT2D eigenvalue weighted by Crippen LogP contribution is 2.39. The van der Waals surface area contributed by atoms with Crippen LogP contribution in [0.15, 0.2) is 6.33 Å². The van der Waals surface area contributed by atoms with E-state index in [0.29, 0.717) is 5.41 Å². The summed E-state index contributed by atoms with van der Waals surface area (Å²) in [7, 11) is 2.00. The lowest BCUT2D eigenvalue weighted by Crippen LogP contribution is -2.31. The number of nitrogens with one attached hydrogen (secondary N) is 1. The van der Waals surface area contributed by atoms with Crippen LogP contribution in [0.25, 0.3) is 0 Å². The van der Waals surface area contributed by atoms with Crippen LogP contribution in [-0.2, 0) is 13.5 Å². The smallest absolute Gasteiger partial charge is 0.133 e. The van der Waals surface area contributed by atoms with Gasteiger partial charge in [0.05, 0.1) is 0 Å². The van der Waals surface area contributed by atoms with Crippen molar-refractivity contribution in [2.75, 3.05) is 13.1 Å². The van der Waals surface area contributed by atoms with E-state index in [1.165, 1.54) is 25.7 Å². The Morgan fingerprint density at radius 3 is 2.50 bits per heavy atom. The first-order valence-corrected chi connectivity index (χ1v) is 8.00. The molecule has 1 fully saturated rings. The second kappa shape index (κ2) is 6.70. The fourth-order valence-corrected chi connectivity index (χ4v) is 3.27. The number of nitrogens with zero attached hydrogens (tertiary/aromatic N) is 3. The van der Waals surface area contributed by atoms with Crippen LogP contribution < -0.4 is 5.32 Å². The molecule has 1 N–H and O–H groups in total. The van der Waals surface area contributed by atoms with Gasteiger partial charge in [0.1, 0.15) is 12.2 Å². The highest BCUT2D eigenvalue weighted by molar-refractivity contribution is 4.85. The molecular weight excluding hydrogens is 248 g/mol. The Balaban J connectivity index is 1.61. The summed E-state index contributed by atoms with van der Waals surface area (Å²) in [5, 5.41) is 11.6. The third kappa shape index (κ3) is 4.30. The van der Waals surface area contributed by atoms with Crippen molar-refractivity contribution in [1.82, 2.24) is 20.1 Å². The van der Waals surface area contributed by atoms with Crippen molar-refractivity contribution in [2.24, 2.45) is 24.3 Å². The topological polar surface area (TPSA) is 42.7 Å². The molecule has 0 unspecified atom stereocenters. The molecule has 0 saturated heterocycles. The molecule has 0 radical (unpaired) electrons. The highest BCUT2D eigenvalue weighted by Gasteiger charge is 2.29. The molecule has 0 amide bonds. The van der Waals surface area contributed by atoms with Crippen LogP contribution >= 0.6 is 0 Å². The summed E-state index contributed by atoms with van der Waals surface area (Å²) >= 11 is 0. The Bertz CT molecular complexity index is 397. The van der Waals surface area contributed by atoms with Gasteiger partial charge in [0.25, 0.3) is 0 Å². The molecule has 0 bridgehead atoms. The number of aryl methyl sites for hydroxylation is 1. The maximum atomic E-state index is 4.11. The summed E-state index contributed by atoms with van der Waals surface area (Å²) in [6.45, 7) is 9.33. The third-order valence-corrected chi connectivity index (χ3v) is 4.84. The minimum absolute atomic E-state index is 0.490. The predicted octanol–water partition coefficient (Wildman–Crippen LogP) is 2.80. The van der Waals surface area contributed by atoms with Gasteiger partial charge in [-0.2, -0.15) is 0 Å². The van der Waals surface area contributed by atoms with Crippen molar-refractivity contribution in [1.29, 1.82) is 0 Å². The van der Waals surface area contributed by atoms with Crippen LogP contribution in [0.4, 0.5) is 0 Å². The number of rotatable bonds is 5. The van der Waals surface area contributed by atoms with Crippen molar-refractivity contribution < 1.29 is 0 Å². The zero-order chi connectivity index (χ0) is 14.6. The first-order valence-electron chi connectivity index (χ1n) is 8.00. The standard InChI is InChI=1S/C16H30N4/c1-16(2,3)14-7-5-13(6-8-14)11-17-10-9-15-19-18-12-20(15)4/h12-14,17H,5-11H2,1-4H3. The van der Waals surface area contributed by atoms with Gasteiger partial charge in [0.2, 0.25) is 0 Å². The van der Waals surface area contributed by atoms with Crippen LogP contribution in [0, 0.1) is 17.3 Å². The molecule has 1 heterocycles. The molecule has 20 heavy (non-hydrogen) atoms. The van der Waals surface area contributed by atoms with E-state index in [0.717, 1.165) is 37.2 Å². The molecule has 1 aromatic heterocycles. The Morgan fingerprint density at radius 1 is 1.25 bits per heavy atom. The molecule has 0 spiro atoms. The second-order valence-electron chi connectivity index (χ2n) is 7.40. The van der Waals surface area contributed by atoms with Crippen molar-refractivity contribution >= 4 is 0 Å². The highest BCUT2D eigenvalue weighted by atomic mass is 15.2. The Kier molecular flexibility index (Phi) is 5.19. The maximum absolute atomic E-state index is 4.11. The quantitative estimate of drug-likeness (QED) is 0.842. The minimum Gasteiger partial charge on any atom is -0.321 e. The summed E-state index contributed by atoms with van der Waals surface area (Å²) in [4.78, 5) is 0. The van der Waals surface area contributed by atoms with Gasteiger partial charge < -0.3 is 9.88 Å². The molecule has 4 nitrogen and oxygen atoms in total. The normalized spacial score (nSPS) is 24.0. The van der Waals surface area contributed by atoms with E-state index >= 15 is 0 Å². The largest absolute Gasteiger partial charge is 0.321 e. The molecule has 114 valence electrons. The van der Waals surface area contributed by atoms with Gasteiger partial charge in [-0.05, 0) is 49.5 Å². The first kappa shape index (κ1) is 15.5. The van der Waals surface area contributed by atoms with Gasteiger partial charge in [-0.25, -0.2) is 0 Å². The monoisotopic (exact) mass is 278 g/mol. The second-order valence-corrected chi connectivity index (χ2v) is 7.40. The van der Waals surface area contributed by atoms with Gasteiger partial charge >= 0.3 is 0 Å². The first-order chi connectivity index (χ1) is 9.47. The molecule has 0 atom stereocenters. The SMILES string of the molecule is Cn1cnnc1CCNCC1CCC(C(C)(C)C)CC1. The van der Waals surface area contributed by atoms with Crippen LogP contribution in [0.2, 0.25) is 0 Å². The van der Waals surface area contributed by atoms with E-state index < -0.39 is 0 Å². The van der Waals surface area contributed by atoms with Crippen molar-refractivity contribution in [2.45, 2.75) is 52.9 Å². The lowest BCUT2D eigenvalue weighted by atomic mass is 9.70. The van der Waals surface area contributed by atoms with Gasteiger partial charge in [-0.1, -0.05) is 20.8 Å². The molecule has 4 heteroatoms. The molecule has 1 aliphatic rings. The fourth-order valence-electron chi connectivity index (χ4n) is 3.27. The van der Waals surface area contributed by atoms with Gasteiger partial charge in [-0.15, -0.1) is 10.2 Å². The lowest BCUT2D eigenvalue weighted by Gasteiger charge is -2.37. The summed E-state index contributed by atoms with van der Waals surface area (Å²) in [6, 6.07) is 0. The summed E-state index contributed by atoms with van der Waals surface area (Å²) in [5.74, 6) is 2.85. The van der Waals surface area contributed by atoms with E-state index in [9.17, 15) is 0 Å². The predicted molar refractivity (Wildman–Crippen MR) is 82.5 cm³/mol. The van der Waals surface area contributed by atoms with Crippen molar-refractivity contribution in [3.05, 3.63) is 12.2 Å². The van der Waals surface area contributed by atoms with E-state index in [4.69, 9.17) is 0 Å². The average Bonchev–Trinajstić information content (AvgIpc) is 2.80. The van der Waals surface area contributed by atoms with Gasteiger partial charge in [0.15, 0.2) is 0 Å². The molecular formula is C16H30N4. The Morgan fingerprint density at radius 2 is 1.95 bits per heavy atom. The average molecular weight is 278 g/mol. The third-order valence-electron chi connectivity index (χ3n) is 4.84. The fraction of sp³-hybridized carbons (Fsp3) is 0.875. The van der Waals surface area contributed by atoms with Crippen LogP contribution in [0.1, 0.15) is 52.3 Å². The lowest BCUT2D eigenvalue weighted by molar-refractivity contribution is 0.149. The van der Waals surface area contributed by atoms with Crippen LogP contribution in [0.3, 0.4) is 0 Å². The summed E-state index contributed by atoms with van der Waals surface area (Å²) in [5.41, 5.74) is 0.490. The maximum Gasteiger partial charge on any atom is 0.133 e. The number of hydrogen-bond acceptors (Lipinski definition) is 3. The zero-order valence-electron chi connectivity index (χ0n) is 13.5. The van der Waals surface area contributed by atoms with E-state index in [1.54, 1.807) is 6.33 Å². The Labute approximate surface area is 123 Å². The molecule has 0 aliphatic heterocycles. The molecule has 0 aromatic carbocycles. The molecule has 1 aromatic rings. The van der Waals surface area contributed by atoms with Crippen LogP contribution in [0.5, 0.6) is 0 Å². The molecule has 1 aliphatic carbocycles. The van der Waals surface area contributed by atoms with Gasteiger partial charge in [0, 0.05) is 20.0 Å². The van der Waals surface area contributed by atoms with Crippen molar-refractivity contribution in [3.8, 4) is 0 Å². The summed E-state index contributed by atoms with van der Waals surface area (Å²) in [6.07, 6.45) is 8.31. The molecule has 2 rings (SSSR count). The van der Waals surface area contributed by atoms with E-state index in [-0.39, 0.29) is 0 Å². The number of aromatic nitrogens is 3. The molecule has 1 saturated carbocycles. The Hall–Kier alpha value is -0.900. The van der Waals surface area contributed by atoms with E-state index in [2.05, 4.69) is 36.3 Å². The zero-order valence-corrected chi connectivity index (χ0v) is 13.5. The minimum atomic E-state index is 0.490. The van der Waals surface area contributed by atoms with Crippen molar-refractivity contribution in [3.63, 3.8) is 0 Å².